The van der Waals surface area contributed by atoms with Gasteiger partial charge in [-0.1, -0.05) is 41.9 Å². The highest BCUT2D eigenvalue weighted by molar-refractivity contribution is 6.30. The topological polar surface area (TPSA) is 59.0 Å². The molecule has 0 saturated carbocycles. The molecule has 1 aliphatic rings. The lowest BCUT2D eigenvalue weighted by molar-refractivity contribution is -0.119. The van der Waals surface area contributed by atoms with Gasteiger partial charge in [-0.25, -0.2) is 4.68 Å². The summed E-state index contributed by atoms with van der Waals surface area (Å²) in [5.41, 5.74) is 3.79. The summed E-state index contributed by atoms with van der Waals surface area (Å²) >= 11 is 6.20. The zero-order valence-electron chi connectivity index (χ0n) is 15.8. The van der Waals surface area contributed by atoms with Gasteiger partial charge in [0.15, 0.2) is 0 Å². The fourth-order valence-electron chi connectivity index (χ4n) is 3.59. The first-order valence-corrected chi connectivity index (χ1v) is 9.82. The largest absolute Gasteiger partial charge is 0.350 e. The van der Waals surface area contributed by atoms with Crippen LogP contribution in [0.2, 0.25) is 5.02 Å². The van der Waals surface area contributed by atoms with E-state index in [2.05, 4.69) is 17.6 Å². The fraction of sp³-hybridized carbons (Fsp3) is 0.273. The molecule has 0 radical (unpaired) electrons. The Hall–Kier alpha value is -2.63. The van der Waals surface area contributed by atoms with Crippen molar-refractivity contribution in [1.29, 1.82) is 0 Å². The zero-order valence-corrected chi connectivity index (χ0v) is 16.5. The molecule has 1 saturated heterocycles. The van der Waals surface area contributed by atoms with E-state index >= 15 is 0 Å². The average Bonchev–Trinajstić information content (AvgIpc) is 3.26. The molecule has 28 heavy (non-hydrogen) atoms. The van der Waals surface area contributed by atoms with Gasteiger partial charge >= 0.3 is 0 Å². The van der Waals surface area contributed by atoms with Gasteiger partial charge in [-0.3, -0.25) is 4.79 Å². The van der Waals surface area contributed by atoms with Crippen molar-refractivity contribution in [3.05, 3.63) is 71.4 Å². The normalized spacial score (nSPS) is 19.0. The van der Waals surface area contributed by atoms with Gasteiger partial charge in [-0.15, -0.1) is 0 Å². The van der Waals surface area contributed by atoms with Gasteiger partial charge < -0.3 is 10.6 Å². The summed E-state index contributed by atoms with van der Waals surface area (Å²) in [6.45, 7) is 3.44. The van der Waals surface area contributed by atoms with Gasteiger partial charge in [0.25, 0.3) is 0 Å². The second-order valence-corrected chi connectivity index (χ2v) is 7.94. The van der Waals surface area contributed by atoms with Crippen molar-refractivity contribution in [3.8, 4) is 16.9 Å². The molecule has 1 fully saturated rings. The second kappa shape index (κ2) is 7.78. The van der Waals surface area contributed by atoms with Crippen molar-refractivity contribution >= 4 is 17.5 Å². The SMILES string of the molecule is CC1(CNCc2cn(-c3ccccc3)nc2-c2cccc(Cl)c2)CCC(=O)N1. The molecule has 1 atom stereocenters. The third-order valence-electron chi connectivity index (χ3n) is 5.08. The number of amides is 1. The number of halogens is 1. The van der Waals surface area contributed by atoms with Crippen molar-refractivity contribution in [2.75, 3.05) is 6.54 Å². The highest BCUT2D eigenvalue weighted by Crippen LogP contribution is 2.26. The number of aromatic nitrogens is 2. The van der Waals surface area contributed by atoms with Crippen LogP contribution in [-0.2, 0) is 11.3 Å². The summed E-state index contributed by atoms with van der Waals surface area (Å²) in [6.07, 6.45) is 3.50. The monoisotopic (exact) mass is 394 g/mol. The third-order valence-corrected chi connectivity index (χ3v) is 5.32. The number of carbonyl (C=O) groups excluding carboxylic acids is 1. The molecule has 0 spiro atoms. The Morgan fingerprint density at radius 2 is 2.04 bits per heavy atom. The number of nitrogens with one attached hydrogen (secondary N) is 2. The quantitative estimate of drug-likeness (QED) is 0.665. The minimum Gasteiger partial charge on any atom is -0.350 e. The molecule has 2 N–H and O–H groups in total. The standard InChI is InChI=1S/C22H23ClN4O/c1-22(11-10-20(28)25-22)15-24-13-17-14-27(19-8-3-2-4-9-19)26-21(17)16-6-5-7-18(23)12-16/h2-9,12,14,24H,10-11,13,15H2,1H3,(H,25,28). The van der Waals surface area contributed by atoms with Crippen molar-refractivity contribution in [3.63, 3.8) is 0 Å². The summed E-state index contributed by atoms with van der Waals surface area (Å²) in [4.78, 5) is 11.6. The maximum Gasteiger partial charge on any atom is 0.220 e. The van der Waals surface area contributed by atoms with Crippen LogP contribution < -0.4 is 10.6 Å². The van der Waals surface area contributed by atoms with Crippen LogP contribution in [0.25, 0.3) is 16.9 Å². The zero-order chi connectivity index (χ0) is 19.6. The van der Waals surface area contributed by atoms with E-state index in [0.29, 0.717) is 24.5 Å². The minimum atomic E-state index is -0.192. The van der Waals surface area contributed by atoms with Gasteiger partial charge in [0.05, 0.1) is 16.9 Å². The van der Waals surface area contributed by atoms with E-state index in [0.717, 1.165) is 28.9 Å². The number of hydrogen-bond donors (Lipinski definition) is 2. The minimum absolute atomic E-state index is 0.126. The lowest BCUT2D eigenvalue weighted by Gasteiger charge is -2.24. The molecule has 1 amide bonds. The molecule has 6 heteroatoms. The maximum absolute atomic E-state index is 11.6. The Labute approximate surface area is 169 Å². The predicted molar refractivity (Wildman–Crippen MR) is 111 cm³/mol. The van der Waals surface area contributed by atoms with E-state index in [1.54, 1.807) is 0 Å². The summed E-state index contributed by atoms with van der Waals surface area (Å²) < 4.78 is 1.90. The number of hydrogen-bond acceptors (Lipinski definition) is 3. The molecular weight excluding hydrogens is 372 g/mol. The predicted octanol–water partition coefficient (Wildman–Crippen LogP) is 3.95. The molecule has 1 unspecified atom stereocenters. The number of rotatable bonds is 6. The molecule has 3 aromatic rings. The van der Waals surface area contributed by atoms with Crippen LogP contribution in [-0.4, -0.2) is 27.8 Å². The average molecular weight is 395 g/mol. The van der Waals surface area contributed by atoms with Crippen molar-refractivity contribution in [2.45, 2.75) is 31.8 Å². The smallest absolute Gasteiger partial charge is 0.220 e. The lowest BCUT2D eigenvalue weighted by atomic mass is 10.0. The van der Waals surface area contributed by atoms with Crippen LogP contribution in [0, 0.1) is 0 Å². The Morgan fingerprint density at radius 3 is 2.75 bits per heavy atom. The van der Waals surface area contributed by atoms with E-state index in [-0.39, 0.29) is 11.4 Å². The van der Waals surface area contributed by atoms with Crippen molar-refractivity contribution in [1.82, 2.24) is 20.4 Å². The Balaban J connectivity index is 1.59. The molecule has 1 aromatic heterocycles. The van der Waals surface area contributed by atoms with E-state index in [4.69, 9.17) is 16.7 Å². The molecular formula is C22H23ClN4O. The van der Waals surface area contributed by atoms with Gasteiger partial charge in [-0.05, 0) is 37.6 Å². The number of para-hydroxylation sites is 1. The first-order chi connectivity index (χ1) is 13.5. The molecule has 0 aliphatic carbocycles. The van der Waals surface area contributed by atoms with Gasteiger partial charge in [0, 0.05) is 41.9 Å². The Bertz CT molecular complexity index is 985. The highest BCUT2D eigenvalue weighted by atomic mass is 35.5. The molecule has 2 aromatic carbocycles. The summed E-state index contributed by atoms with van der Waals surface area (Å²) in [6, 6.07) is 17.8. The molecule has 4 rings (SSSR count). The molecule has 0 bridgehead atoms. The van der Waals surface area contributed by atoms with E-state index in [1.165, 1.54) is 0 Å². The van der Waals surface area contributed by atoms with E-state index in [1.807, 2.05) is 65.5 Å². The van der Waals surface area contributed by atoms with Crippen molar-refractivity contribution < 1.29 is 4.79 Å². The first kappa shape index (κ1) is 18.7. The molecule has 1 aliphatic heterocycles. The highest BCUT2D eigenvalue weighted by Gasteiger charge is 2.32. The number of benzene rings is 2. The molecule has 5 nitrogen and oxygen atoms in total. The first-order valence-electron chi connectivity index (χ1n) is 9.44. The van der Waals surface area contributed by atoms with Gasteiger partial charge in [0.1, 0.15) is 0 Å². The van der Waals surface area contributed by atoms with Crippen LogP contribution in [0.15, 0.2) is 60.8 Å². The van der Waals surface area contributed by atoms with Crippen LogP contribution in [0.3, 0.4) is 0 Å². The molecule has 144 valence electrons. The number of carbonyl (C=O) groups is 1. The Kier molecular flexibility index (Phi) is 5.20. The van der Waals surface area contributed by atoms with E-state index in [9.17, 15) is 4.79 Å². The number of nitrogens with zero attached hydrogens (tertiary/aromatic N) is 2. The van der Waals surface area contributed by atoms with Crippen LogP contribution >= 0.6 is 11.6 Å². The molecule has 2 heterocycles. The maximum atomic E-state index is 11.6. The summed E-state index contributed by atoms with van der Waals surface area (Å²) in [5, 5.41) is 12.1. The van der Waals surface area contributed by atoms with Gasteiger partial charge in [0.2, 0.25) is 5.91 Å². The van der Waals surface area contributed by atoms with Crippen LogP contribution in [0.5, 0.6) is 0 Å². The fourth-order valence-corrected chi connectivity index (χ4v) is 3.78. The van der Waals surface area contributed by atoms with Gasteiger partial charge in [-0.2, -0.15) is 5.10 Å². The lowest BCUT2D eigenvalue weighted by Crippen LogP contribution is -2.46. The summed E-state index contributed by atoms with van der Waals surface area (Å²) in [5.74, 6) is 0.126. The Morgan fingerprint density at radius 1 is 1.21 bits per heavy atom. The third kappa shape index (κ3) is 4.11. The van der Waals surface area contributed by atoms with Crippen LogP contribution in [0.1, 0.15) is 25.3 Å². The van der Waals surface area contributed by atoms with E-state index < -0.39 is 0 Å². The summed E-state index contributed by atoms with van der Waals surface area (Å²) in [7, 11) is 0. The second-order valence-electron chi connectivity index (χ2n) is 7.51. The van der Waals surface area contributed by atoms with Crippen molar-refractivity contribution in [2.24, 2.45) is 0 Å². The van der Waals surface area contributed by atoms with Crippen LogP contribution in [0.4, 0.5) is 0 Å².